The zero-order valence-electron chi connectivity index (χ0n) is 15.3. The number of fused-ring (bicyclic) bond motifs is 1. The molecule has 7 heteroatoms. The summed E-state index contributed by atoms with van der Waals surface area (Å²) in [5, 5.41) is -0.0133. The molecule has 4 rings (SSSR count). The number of carbonyl (C=O) groups is 2. The topological polar surface area (TPSA) is 46.6 Å². The van der Waals surface area contributed by atoms with E-state index >= 15 is 0 Å². The van der Waals surface area contributed by atoms with Crippen molar-refractivity contribution in [1.29, 1.82) is 0 Å². The minimum Gasteiger partial charge on any atom is -0.451 e. The maximum Gasteiger partial charge on any atom is 0.331 e. The smallest absolute Gasteiger partial charge is 0.331 e. The summed E-state index contributed by atoms with van der Waals surface area (Å²) in [6.45, 7) is 4.02. The van der Waals surface area contributed by atoms with Crippen LogP contribution in [0.2, 0.25) is 0 Å². The highest BCUT2D eigenvalue weighted by Crippen LogP contribution is 2.60. The van der Waals surface area contributed by atoms with Crippen LogP contribution >= 0.6 is 56.9 Å². The van der Waals surface area contributed by atoms with Crippen LogP contribution in [-0.4, -0.2) is 34.4 Å². The van der Waals surface area contributed by atoms with Gasteiger partial charge >= 0.3 is 5.97 Å². The first-order valence-corrected chi connectivity index (χ1v) is 12.0. The van der Waals surface area contributed by atoms with Gasteiger partial charge in [-0.15, -0.1) is 11.8 Å². The number of nitrogens with zero attached hydrogens (tertiary/aromatic N) is 1. The third-order valence-corrected chi connectivity index (χ3v) is 9.68. The van der Waals surface area contributed by atoms with Gasteiger partial charge in [0.05, 0.1) is 0 Å². The molecule has 0 aromatic heterocycles. The highest BCUT2D eigenvalue weighted by molar-refractivity contribution is 14.2. The maximum atomic E-state index is 13.3. The number of halogens is 2. The number of β-lactam (4-membered cyclic amide) rings is 1. The number of carbonyl (C=O) groups excluding carboxylic acids is 2. The van der Waals surface area contributed by atoms with Gasteiger partial charge in [0.2, 0.25) is 0 Å². The van der Waals surface area contributed by atoms with Crippen LogP contribution in [0, 0.1) is 0 Å². The Morgan fingerprint density at radius 1 is 1.04 bits per heavy atom. The lowest BCUT2D eigenvalue weighted by Gasteiger charge is -2.46. The number of hydrogen-bond acceptors (Lipinski definition) is 4. The van der Waals surface area contributed by atoms with E-state index in [1.165, 1.54) is 0 Å². The molecule has 2 atom stereocenters. The lowest BCUT2D eigenvalue weighted by atomic mass is 9.97. The summed E-state index contributed by atoms with van der Waals surface area (Å²) in [5.74, 6) is -0.357. The van der Waals surface area contributed by atoms with Gasteiger partial charge in [0.1, 0.15) is 11.4 Å². The van der Waals surface area contributed by atoms with Crippen molar-refractivity contribution in [3.63, 3.8) is 0 Å². The quantitative estimate of drug-likeness (QED) is 0.211. The van der Waals surface area contributed by atoms with Crippen molar-refractivity contribution >= 4 is 68.8 Å². The van der Waals surface area contributed by atoms with Gasteiger partial charge in [-0.25, -0.2) is 4.79 Å². The van der Waals surface area contributed by atoms with Crippen molar-refractivity contribution in [3.05, 3.63) is 71.8 Å². The molecule has 2 fully saturated rings. The number of rotatable bonds is 4. The van der Waals surface area contributed by atoms with Crippen LogP contribution in [0.1, 0.15) is 31.1 Å². The van der Waals surface area contributed by atoms with Crippen LogP contribution in [0.15, 0.2) is 60.7 Å². The second-order valence-electron chi connectivity index (χ2n) is 7.45. The summed E-state index contributed by atoms with van der Waals surface area (Å²) in [5.41, 5.74) is 1.82. The molecule has 2 aliphatic heterocycles. The highest BCUT2D eigenvalue weighted by atomic mass is 127. The Hall–Kier alpha value is -0.810. The van der Waals surface area contributed by atoms with E-state index in [2.05, 4.69) is 45.2 Å². The number of benzene rings is 2. The molecule has 4 nitrogen and oxygen atoms in total. The Labute approximate surface area is 196 Å². The second-order valence-corrected chi connectivity index (χ2v) is 14.7. The summed E-state index contributed by atoms with van der Waals surface area (Å²) in [7, 11) is 0. The first-order valence-electron chi connectivity index (χ1n) is 8.92. The fourth-order valence-corrected chi connectivity index (χ4v) is 7.14. The van der Waals surface area contributed by atoms with Gasteiger partial charge in [0.25, 0.3) is 5.91 Å². The number of hydrogen-bond donors (Lipinski definition) is 0. The highest BCUT2D eigenvalue weighted by Gasteiger charge is 2.70. The Kier molecular flexibility index (Phi) is 5.45. The lowest BCUT2D eigenvalue weighted by Crippen LogP contribution is -2.68. The normalized spacial score (nSPS) is 24.6. The molecule has 2 saturated heterocycles. The van der Waals surface area contributed by atoms with Crippen LogP contribution in [0.25, 0.3) is 0 Å². The monoisotopic (exact) mass is 619 g/mol. The minimum absolute atomic E-state index is 0.00491. The van der Waals surface area contributed by atoms with Gasteiger partial charge < -0.3 is 9.64 Å². The van der Waals surface area contributed by atoms with Crippen molar-refractivity contribution in [1.82, 2.24) is 4.90 Å². The SMILES string of the molecule is CC1(C)S[C@H]2N(C(=O)C2(I)I)[C@H]1C(=O)OC(c1ccccc1)c1ccccc1. The molecule has 0 unspecified atom stereocenters. The number of alkyl halides is 2. The third kappa shape index (κ3) is 3.36. The molecule has 2 aromatic rings. The Morgan fingerprint density at radius 2 is 1.54 bits per heavy atom. The molecule has 2 aromatic carbocycles. The standard InChI is InChI=1S/C21H19I2NO3S/c1-20(2)16(24-18(26)21(22,23)19(24)28-20)17(25)27-15(13-9-5-3-6-10-13)14-11-7-4-8-12-14/h3-12,15-16,19H,1-2H3/t16-,19+/m0/s1. The molecule has 28 heavy (non-hydrogen) atoms. The van der Waals surface area contributed by atoms with Gasteiger partial charge in [-0.05, 0) is 25.0 Å². The van der Waals surface area contributed by atoms with Crippen LogP contribution in [-0.2, 0) is 14.3 Å². The summed E-state index contributed by atoms with van der Waals surface area (Å²) in [4.78, 5) is 27.7. The van der Waals surface area contributed by atoms with Gasteiger partial charge in [-0.3, -0.25) is 4.79 Å². The summed E-state index contributed by atoms with van der Waals surface area (Å²) in [6.07, 6.45) is -0.505. The minimum atomic E-state index is -0.595. The predicted molar refractivity (Wildman–Crippen MR) is 128 cm³/mol. The third-order valence-electron chi connectivity index (χ3n) is 5.10. The molecule has 1 amide bonds. The molecular weight excluding hydrogens is 600 g/mol. The van der Waals surface area contributed by atoms with E-state index in [-0.39, 0.29) is 17.3 Å². The molecule has 0 spiro atoms. The maximum absolute atomic E-state index is 13.3. The van der Waals surface area contributed by atoms with Crippen molar-refractivity contribution in [2.75, 3.05) is 0 Å². The van der Waals surface area contributed by atoms with E-state index in [1.807, 2.05) is 74.5 Å². The molecule has 0 radical (unpaired) electrons. The van der Waals surface area contributed by atoms with E-state index in [1.54, 1.807) is 16.7 Å². The van der Waals surface area contributed by atoms with E-state index < -0.39 is 18.3 Å². The number of thioether (sulfide) groups is 1. The first-order chi connectivity index (χ1) is 13.2. The van der Waals surface area contributed by atoms with Crippen LogP contribution in [0.5, 0.6) is 0 Å². The summed E-state index contributed by atoms with van der Waals surface area (Å²) in [6, 6.07) is 18.8. The van der Waals surface area contributed by atoms with Crippen molar-refractivity contribution in [3.8, 4) is 0 Å². The zero-order chi connectivity index (χ0) is 20.1. The zero-order valence-corrected chi connectivity index (χ0v) is 20.5. The van der Waals surface area contributed by atoms with Gasteiger partial charge in [-0.2, -0.15) is 0 Å². The molecule has 0 bridgehead atoms. The average molecular weight is 619 g/mol. The van der Waals surface area contributed by atoms with Crippen molar-refractivity contribution in [2.45, 2.75) is 37.5 Å². The van der Waals surface area contributed by atoms with Gasteiger partial charge in [0, 0.05) is 4.75 Å². The number of amides is 1. The van der Waals surface area contributed by atoms with Crippen molar-refractivity contribution in [2.24, 2.45) is 0 Å². The van der Waals surface area contributed by atoms with E-state index in [0.717, 1.165) is 11.1 Å². The molecule has 146 valence electrons. The van der Waals surface area contributed by atoms with Gasteiger partial charge in [-0.1, -0.05) is 106 Å². The Morgan fingerprint density at radius 3 is 2.04 bits per heavy atom. The fourth-order valence-electron chi connectivity index (χ4n) is 3.73. The predicted octanol–water partition coefficient (Wildman–Crippen LogP) is 4.95. The number of ether oxygens (including phenoxy) is 1. The molecule has 0 N–H and O–H groups in total. The lowest BCUT2D eigenvalue weighted by molar-refractivity contribution is -0.163. The molecule has 0 aliphatic carbocycles. The van der Waals surface area contributed by atoms with Crippen LogP contribution < -0.4 is 0 Å². The second kappa shape index (κ2) is 7.46. The Bertz CT molecular complexity index is 865. The largest absolute Gasteiger partial charge is 0.451 e. The Balaban J connectivity index is 1.64. The molecule has 2 heterocycles. The van der Waals surface area contributed by atoms with Gasteiger partial charge in [0.15, 0.2) is 7.53 Å². The average Bonchev–Trinajstić information content (AvgIpc) is 2.97. The summed E-state index contributed by atoms with van der Waals surface area (Å²) < 4.78 is 5.16. The van der Waals surface area contributed by atoms with E-state index in [0.29, 0.717) is 0 Å². The molecular formula is C21H19I2NO3S. The van der Waals surface area contributed by atoms with E-state index in [4.69, 9.17) is 4.74 Å². The molecule has 2 aliphatic rings. The van der Waals surface area contributed by atoms with Crippen LogP contribution in [0.3, 0.4) is 0 Å². The first kappa shape index (κ1) is 20.5. The fraction of sp³-hybridized carbons (Fsp3) is 0.333. The van der Waals surface area contributed by atoms with Crippen molar-refractivity contribution < 1.29 is 14.3 Å². The van der Waals surface area contributed by atoms with Crippen LogP contribution in [0.4, 0.5) is 0 Å². The summed E-state index contributed by atoms with van der Waals surface area (Å²) >= 11 is 6.05. The number of esters is 1. The molecule has 0 saturated carbocycles. The van der Waals surface area contributed by atoms with E-state index in [9.17, 15) is 9.59 Å².